The summed E-state index contributed by atoms with van der Waals surface area (Å²) in [4.78, 5) is 10.6. The second-order valence-corrected chi connectivity index (χ2v) is 3.58. The smallest absolute Gasteiger partial charge is 0.416 e. The molecule has 8 heteroatoms. The average Bonchev–Trinajstić information content (AvgIpc) is 2.19. The maximum atomic E-state index is 12.6. The van der Waals surface area contributed by atoms with Gasteiger partial charge in [0.25, 0.3) is 0 Å². The molecule has 0 fully saturated rings. The summed E-state index contributed by atoms with van der Waals surface area (Å²) in [5.74, 6) is -2.68. The quantitative estimate of drug-likeness (QED) is 0.768. The number of phenolic OH excluding ortho intramolecular Hbond substituents is 1. The zero-order chi connectivity index (χ0) is 13.4. The molecule has 0 amide bonds. The first-order chi connectivity index (χ1) is 7.66. The summed E-state index contributed by atoms with van der Waals surface area (Å²) < 4.78 is 37.7. The molecule has 4 nitrogen and oxygen atoms in total. The van der Waals surface area contributed by atoms with Crippen LogP contribution < -0.4 is 5.73 Å². The van der Waals surface area contributed by atoms with Gasteiger partial charge in [0.05, 0.1) is 10.6 Å². The number of aromatic hydroxyl groups is 1. The van der Waals surface area contributed by atoms with E-state index in [2.05, 4.69) is 0 Å². The highest BCUT2D eigenvalue weighted by Crippen LogP contribution is 2.41. The van der Waals surface area contributed by atoms with Crippen molar-refractivity contribution in [2.24, 2.45) is 5.73 Å². The Morgan fingerprint density at radius 1 is 1.41 bits per heavy atom. The number of carboxylic acids is 1. The highest BCUT2D eigenvalue weighted by atomic mass is 35.5. The fourth-order valence-corrected chi connectivity index (χ4v) is 1.43. The van der Waals surface area contributed by atoms with E-state index >= 15 is 0 Å². The zero-order valence-electron chi connectivity index (χ0n) is 8.12. The Hall–Kier alpha value is -1.47. The second-order valence-electron chi connectivity index (χ2n) is 3.17. The van der Waals surface area contributed by atoms with Crippen LogP contribution in [-0.4, -0.2) is 16.2 Å². The molecule has 0 aliphatic rings. The predicted octanol–water partition coefficient (Wildman–Crippen LogP) is 2.15. The summed E-state index contributed by atoms with van der Waals surface area (Å²) in [5.41, 5.74) is 2.82. The molecule has 17 heavy (non-hydrogen) atoms. The molecule has 0 unspecified atom stereocenters. The van der Waals surface area contributed by atoms with Crippen molar-refractivity contribution in [1.82, 2.24) is 0 Å². The van der Waals surface area contributed by atoms with Crippen molar-refractivity contribution < 1.29 is 28.2 Å². The van der Waals surface area contributed by atoms with Gasteiger partial charge >= 0.3 is 12.1 Å². The SMILES string of the molecule is N[C@H](C(=O)O)c1c(C(F)(F)F)ccc(Cl)c1O. The largest absolute Gasteiger partial charge is 0.506 e. The van der Waals surface area contributed by atoms with Crippen LogP contribution in [0.2, 0.25) is 5.02 Å². The standard InChI is InChI=1S/C9H7ClF3NO3/c10-4-2-1-3(9(11,12)13)5(7(4)15)6(14)8(16)17/h1-2,6,15H,14H2,(H,16,17)/t6-/m0/s1. The van der Waals surface area contributed by atoms with E-state index in [9.17, 15) is 23.1 Å². The Balaban J connectivity index is 3.53. The van der Waals surface area contributed by atoms with Crippen LogP contribution in [0.4, 0.5) is 13.2 Å². The number of nitrogens with two attached hydrogens (primary N) is 1. The summed E-state index contributed by atoms with van der Waals surface area (Å²) in [7, 11) is 0. The maximum absolute atomic E-state index is 12.6. The van der Waals surface area contributed by atoms with Gasteiger partial charge in [-0.15, -0.1) is 0 Å². The Kier molecular flexibility index (Phi) is 3.53. The van der Waals surface area contributed by atoms with Gasteiger partial charge in [-0.25, -0.2) is 0 Å². The lowest BCUT2D eigenvalue weighted by molar-refractivity contribution is -0.141. The summed E-state index contributed by atoms with van der Waals surface area (Å²) >= 11 is 5.42. The number of phenols is 1. The van der Waals surface area contributed by atoms with E-state index in [0.717, 1.165) is 6.07 Å². The van der Waals surface area contributed by atoms with Crippen LogP contribution in [0.3, 0.4) is 0 Å². The van der Waals surface area contributed by atoms with Crippen molar-refractivity contribution >= 4 is 17.6 Å². The summed E-state index contributed by atoms with van der Waals surface area (Å²) in [6.45, 7) is 0. The molecular formula is C9H7ClF3NO3. The normalized spacial score (nSPS) is 13.5. The molecule has 1 aromatic carbocycles. The van der Waals surface area contributed by atoms with Crippen molar-refractivity contribution in [2.45, 2.75) is 12.2 Å². The van der Waals surface area contributed by atoms with Crippen LogP contribution in [0.1, 0.15) is 17.2 Å². The Morgan fingerprint density at radius 3 is 2.35 bits per heavy atom. The number of halogens is 4. The fourth-order valence-electron chi connectivity index (χ4n) is 1.27. The topological polar surface area (TPSA) is 83.6 Å². The second kappa shape index (κ2) is 4.42. The molecule has 0 aliphatic carbocycles. The molecule has 0 saturated carbocycles. The molecule has 1 rings (SSSR count). The Labute approximate surface area is 98.4 Å². The minimum atomic E-state index is -4.83. The van der Waals surface area contributed by atoms with Crippen LogP contribution in [0.15, 0.2) is 12.1 Å². The van der Waals surface area contributed by atoms with Gasteiger partial charge in [-0.1, -0.05) is 11.6 Å². The predicted molar refractivity (Wildman–Crippen MR) is 52.7 cm³/mol. The van der Waals surface area contributed by atoms with Gasteiger partial charge < -0.3 is 15.9 Å². The number of carbonyl (C=O) groups is 1. The molecule has 0 aliphatic heterocycles. The van der Waals surface area contributed by atoms with Crippen molar-refractivity contribution in [2.75, 3.05) is 0 Å². The van der Waals surface area contributed by atoms with E-state index in [1.165, 1.54) is 0 Å². The molecule has 0 bridgehead atoms. The third kappa shape index (κ3) is 2.62. The Bertz CT molecular complexity index is 462. The van der Waals surface area contributed by atoms with Crippen LogP contribution in [-0.2, 0) is 11.0 Å². The van der Waals surface area contributed by atoms with E-state index in [0.29, 0.717) is 6.07 Å². The minimum Gasteiger partial charge on any atom is -0.506 e. The monoisotopic (exact) mass is 269 g/mol. The highest BCUT2D eigenvalue weighted by molar-refractivity contribution is 6.32. The molecule has 94 valence electrons. The van der Waals surface area contributed by atoms with E-state index in [1.54, 1.807) is 0 Å². The average molecular weight is 270 g/mol. The summed E-state index contributed by atoms with van der Waals surface area (Å²) in [5, 5.41) is 17.6. The van der Waals surface area contributed by atoms with Crippen LogP contribution in [0, 0.1) is 0 Å². The van der Waals surface area contributed by atoms with E-state index in [4.69, 9.17) is 22.4 Å². The maximum Gasteiger partial charge on any atom is 0.416 e. The molecule has 0 spiro atoms. The first-order valence-corrected chi connectivity index (χ1v) is 4.61. The van der Waals surface area contributed by atoms with Gasteiger partial charge in [0.1, 0.15) is 11.8 Å². The van der Waals surface area contributed by atoms with E-state index in [-0.39, 0.29) is 0 Å². The van der Waals surface area contributed by atoms with Crippen LogP contribution in [0.5, 0.6) is 5.75 Å². The lowest BCUT2D eigenvalue weighted by Gasteiger charge is -2.17. The minimum absolute atomic E-state index is 0.398. The molecule has 1 aromatic rings. The first kappa shape index (κ1) is 13.6. The molecule has 0 heterocycles. The molecule has 0 aromatic heterocycles. The third-order valence-corrected chi connectivity index (χ3v) is 2.36. The number of rotatable bonds is 2. The molecule has 4 N–H and O–H groups in total. The van der Waals surface area contributed by atoms with Gasteiger partial charge in [-0.2, -0.15) is 13.2 Å². The third-order valence-electron chi connectivity index (χ3n) is 2.05. The molecule has 0 saturated heterocycles. The van der Waals surface area contributed by atoms with Crippen LogP contribution in [0.25, 0.3) is 0 Å². The highest BCUT2D eigenvalue weighted by Gasteiger charge is 2.38. The number of benzene rings is 1. The van der Waals surface area contributed by atoms with Gasteiger partial charge in [0, 0.05) is 5.56 Å². The van der Waals surface area contributed by atoms with Gasteiger partial charge in [-0.05, 0) is 12.1 Å². The zero-order valence-corrected chi connectivity index (χ0v) is 8.88. The molecule has 0 radical (unpaired) electrons. The van der Waals surface area contributed by atoms with Gasteiger partial charge in [0.15, 0.2) is 0 Å². The van der Waals surface area contributed by atoms with Crippen LogP contribution >= 0.6 is 11.6 Å². The number of hydrogen-bond donors (Lipinski definition) is 3. The van der Waals surface area contributed by atoms with E-state index in [1.807, 2.05) is 0 Å². The van der Waals surface area contributed by atoms with Crippen molar-refractivity contribution in [3.63, 3.8) is 0 Å². The number of alkyl halides is 3. The lowest BCUT2D eigenvalue weighted by atomic mass is 9.99. The lowest BCUT2D eigenvalue weighted by Crippen LogP contribution is -2.24. The van der Waals surface area contributed by atoms with Crippen molar-refractivity contribution in [3.8, 4) is 5.75 Å². The molecule has 1 atom stereocenters. The van der Waals surface area contributed by atoms with Gasteiger partial charge in [-0.3, -0.25) is 4.79 Å². The van der Waals surface area contributed by atoms with Crippen molar-refractivity contribution in [3.05, 3.63) is 28.3 Å². The Morgan fingerprint density at radius 2 is 1.94 bits per heavy atom. The fraction of sp³-hybridized carbons (Fsp3) is 0.222. The first-order valence-electron chi connectivity index (χ1n) is 4.23. The number of aliphatic carboxylic acids is 1. The molecular weight excluding hydrogens is 263 g/mol. The summed E-state index contributed by atoms with van der Waals surface area (Å²) in [6, 6.07) is -0.622. The van der Waals surface area contributed by atoms with Gasteiger partial charge in [0.2, 0.25) is 0 Å². The summed E-state index contributed by atoms with van der Waals surface area (Å²) in [6.07, 6.45) is -4.83. The van der Waals surface area contributed by atoms with Crippen molar-refractivity contribution in [1.29, 1.82) is 0 Å². The van der Waals surface area contributed by atoms with E-state index < -0.39 is 40.1 Å². The number of carboxylic acid groups (broad SMARTS) is 1. The number of hydrogen-bond acceptors (Lipinski definition) is 3.